The molecule has 1 aliphatic carbocycles. The van der Waals surface area contributed by atoms with Crippen LogP contribution in [0.2, 0.25) is 0 Å². The van der Waals surface area contributed by atoms with Gasteiger partial charge in [0.05, 0.1) is 6.42 Å². The van der Waals surface area contributed by atoms with Crippen LogP contribution in [0.3, 0.4) is 0 Å². The molecular weight excluding hydrogens is 497 g/mol. The summed E-state index contributed by atoms with van der Waals surface area (Å²) in [5.41, 5.74) is -1.08. The second-order valence-corrected chi connectivity index (χ2v) is 11.0. The van der Waals surface area contributed by atoms with E-state index >= 15 is 0 Å². The maximum absolute atomic E-state index is 12.7. The van der Waals surface area contributed by atoms with Crippen LogP contribution in [0.15, 0.2) is 12.4 Å². The van der Waals surface area contributed by atoms with E-state index in [2.05, 4.69) is 15.3 Å². The number of carbonyl (C=O) groups is 3. The molecule has 37 heavy (non-hydrogen) atoms. The predicted octanol–water partition coefficient (Wildman–Crippen LogP) is 5.86. The van der Waals surface area contributed by atoms with Gasteiger partial charge in [-0.15, -0.1) is 4.90 Å². The lowest BCUT2D eigenvalue weighted by atomic mass is 10.0. The number of imide groups is 1. The molecule has 1 aliphatic rings. The molecule has 2 rings (SSSR count). The first-order valence-corrected chi connectivity index (χ1v) is 11.9. The molecule has 0 unspecified atom stereocenters. The van der Waals surface area contributed by atoms with E-state index in [-0.39, 0.29) is 11.9 Å². The molecule has 0 aromatic carbocycles. The third-order valence-corrected chi connectivity index (χ3v) is 5.04. The van der Waals surface area contributed by atoms with Crippen molar-refractivity contribution in [2.75, 3.05) is 4.90 Å². The van der Waals surface area contributed by atoms with Gasteiger partial charge in [0.1, 0.15) is 17.3 Å². The maximum Gasteiger partial charge on any atom is 0.427 e. The number of carbonyl (C=O) groups excluding carboxylic acids is 3. The molecule has 0 aliphatic heterocycles. The number of halogens is 3. The van der Waals surface area contributed by atoms with E-state index in [0.717, 1.165) is 0 Å². The molecule has 1 N–H and O–H groups in total. The zero-order valence-corrected chi connectivity index (χ0v) is 22.1. The van der Waals surface area contributed by atoms with Crippen molar-refractivity contribution in [1.29, 1.82) is 0 Å². The summed E-state index contributed by atoms with van der Waals surface area (Å²) in [6.07, 6.45) is -4.43. The number of alkyl carbamates (subject to hydrolysis) is 1. The first kappa shape index (κ1) is 30.1. The summed E-state index contributed by atoms with van der Waals surface area (Å²) in [4.78, 5) is 46.4. The van der Waals surface area contributed by atoms with Crippen LogP contribution in [-0.2, 0) is 14.2 Å². The van der Waals surface area contributed by atoms with Crippen LogP contribution in [-0.4, -0.2) is 57.8 Å². The van der Waals surface area contributed by atoms with Crippen molar-refractivity contribution in [3.63, 3.8) is 0 Å². The molecule has 0 saturated heterocycles. The summed E-state index contributed by atoms with van der Waals surface area (Å²) in [5.74, 6) is -0.313. The lowest BCUT2D eigenvalue weighted by Crippen LogP contribution is -2.44. The Balaban J connectivity index is 2.06. The molecule has 208 valence electrons. The molecule has 1 fully saturated rings. The molecule has 3 amide bonds. The highest BCUT2D eigenvalue weighted by atomic mass is 19.4. The highest BCUT2D eigenvalue weighted by Crippen LogP contribution is 2.36. The topological polar surface area (TPSA) is 120 Å². The van der Waals surface area contributed by atoms with Gasteiger partial charge in [0.25, 0.3) is 0 Å². The van der Waals surface area contributed by atoms with Crippen molar-refractivity contribution >= 4 is 24.2 Å². The molecule has 1 saturated carbocycles. The Kier molecular flexibility index (Phi) is 9.37. The van der Waals surface area contributed by atoms with Crippen LogP contribution in [0.5, 0.6) is 0 Å². The number of ether oxygens (including phenoxy) is 3. The number of amides is 3. The molecule has 1 aromatic heterocycles. The average molecular weight is 533 g/mol. The van der Waals surface area contributed by atoms with Crippen LogP contribution >= 0.6 is 0 Å². The molecular formula is C24H35F3N4O6. The lowest BCUT2D eigenvalue weighted by molar-refractivity contribution is -0.138. The number of alkyl halides is 3. The predicted molar refractivity (Wildman–Crippen MR) is 127 cm³/mol. The molecule has 3 atom stereocenters. The second-order valence-electron chi connectivity index (χ2n) is 11.0. The van der Waals surface area contributed by atoms with Gasteiger partial charge in [0, 0.05) is 18.4 Å². The van der Waals surface area contributed by atoms with Crippen molar-refractivity contribution < 1.29 is 41.8 Å². The van der Waals surface area contributed by atoms with Crippen LogP contribution in [0, 0.1) is 0 Å². The number of anilines is 1. The normalized spacial score (nSPS) is 19.1. The van der Waals surface area contributed by atoms with Crippen LogP contribution in [0.4, 0.5) is 33.5 Å². The first-order valence-electron chi connectivity index (χ1n) is 11.9. The van der Waals surface area contributed by atoms with Gasteiger partial charge in [0.15, 0.2) is 0 Å². The summed E-state index contributed by atoms with van der Waals surface area (Å²) in [6, 6.07) is -1.11. The fraction of sp³-hybridized carbons (Fsp3) is 0.708. The monoisotopic (exact) mass is 532 g/mol. The average Bonchev–Trinajstić information content (AvgIpc) is 3.12. The Labute approximate surface area is 214 Å². The smallest absolute Gasteiger partial charge is 0.427 e. The Morgan fingerprint density at radius 1 is 1.00 bits per heavy atom. The summed E-state index contributed by atoms with van der Waals surface area (Å²) >= 11 is 0. The standard InChI is InChI=1S/C24H35F3N4O6/c1-14(11-24(25,26)27)30-19(32)35-17-9-8-15(10-17)16-12-28-18(29-13-16)31(20(33)36-22(2,3)4)21(34)37-23(5,6)7/h12-15,17H,8-11H2,1-7H3,(H,30,32)/t14-,15+,17-/m0/s1. The SMILES string of the molecule is C[C@@H](CC(F)(F)F)NC(=O)O[C@H]1CC[C@@H](c2cnc(N(C(=O)OC(C)(C)C)C(=O)OC(C)(C)C)nc2)C1. The number of hydrogen-bond donors (Lipinski definition) is 1. The highest BCUT2D eigenvalue weighted by molar-refractivity contribution is 6.08. The Bertz CT molecular complexity index is 929. The van der Waals surface area contributed by atoms with Crippen molar-refractivity contribution in [3.05, 3.63) is 18.0 Å². The highest BCUT2D eigenvalue weighted by Gasteiger charge is 2.36. The van der Waals surface area contributed by atoms with Gasteiger partial charge < -0.3 is 19.5 Å². The summed E-state index contributed by atoms with van der Waals surface area (Å²) in [6.45, 7) is 11.2. The largest absolute Gasteiger partial charge is 0.446 e. The van der Waals surface area contributed by atoms with E-state index in [9.17, 15) is 27.6 Å². The van der Waals surface area contributed by atoms with Gasteiger partial charge in [-0.3, -0.25) is 0 Å². The minimum absolute atomic E-state index is 0.0871. The van der Waals surface area contributed by atoms with Gasteiger partial charge in [-0.1, -0.05) is 0 Å². The van der Waals surface area contributed by atoms with Gasteiger partial charge in [-0.05, 0) is 79.2 Å². The number of rotatable bonds is 5. The minimum Gasteiger partial charge on any atom is -0.446 e. The van der Waals surface area contributed by atoms with Gasteiger partial charge in [-0.25, -0.2) is 24.4 Å². The van der Waals surface area contributed by atoms with Gasteiger partial charge in [-0.2, -0.15) is 13.2 Å². The fourth-order valence-electron chi connectivity index (χ4n) is 3.65. The number of nitrogens with zero attached hydrogens (tertiary/aromatic N) is 3. The van der Waals surface area contributed by atoms with E-state index in [4.69, 9.17) is 14.2 Å². The summed E-state index contributed by atoms with van der Waals surface area (Å²) < 4.78 is 53.3. The Morgan fingerprint density at radius 2 is 1.51 bits per heavy atom. The third-order valence-electron chi connectivity index (χ3n) is 5.04. The minimum atomic E-state index is -4.39. The maximum atomic E-state index is 12.7. The van der Waals surface area contributed by atoms with Crippen LogP contribution in [0.1, 0.15) is 85.6 Å². The third kappa shape index (κ3) is 10.4. The van der Waals surface area contributed by atoms with E-state index in [1.165, 1.54) is 19.3 Å². The lowest BCUT2D eigenvalue weighted by Gasteiger charge is -2.27. The quantitative estimate of drug-likeness (QED) is 0.469. The number of aromatic nitrogens is 2. The Morgan fingerprint density at radius 3 is 1.97 bits per heavy atom. The summed E-state index contributed by atoms with van der Waals surface area (Å²) in [5, 5.41) is 2.19. The van der Waals surface area contributed by atoms with E-state index in [1.807, 2.05) is 0 Å². The van der Waals surface area contributed by atoms with Gasteiger partial charge in [0.2, 0.25) is 5.95 Å². The zero-order chi connectivity index (χ0) is 28.2. The second kappa shape index (κ2) is 11.5. The fourth-order valence-corrected chi connectivity index (χ4v) is 3.65. The molecule has 13 heteroatoms. The Hall–Kier alpha value is -3.12. The van der Waals surface area contributed by atoms with E-state index in [1.54, 1.807) is 41.5 Å². The molecule has 1 heterocycles. The van der Waals surface area contributed by atoms with Gasteiger partial charge >= 0.3 is 24.5 Å². The van der Waals surface area contributed by atoms with Crippen molar-refractivity contribution in [3.8, 4) is 0 Å². The molecule has 10 nitrogen and oxygen atoms in total. The van der Waals surface area contributed by atoms with E-state index < -0.39 is 54.2 Å². The van der Waals surface area contributed by atoms with E-state index in [0.29, 0.717) is 29.7 Å². The molecule has 1 aromatic rings. The molecule has 0 radical (unpaired) electrons. The number of nitrogens with one attached hydrogen (secondary N) is 1. The van der Waals surface area contributed by atoms with Crippen molar-refractivity contribution in [1.82, 2.24) is 15.3 Å². The molecule has 0 bridgehead atoms. The van der Waals surface area contributed by atoms with Crippen molar-refractivity contribution in [2.24, 2.45) is 0 Å². The summed E-state index contributed by atoms with van der Waals surface area (Å²) in [7, 11) is 0. The first-order chi connectivity index (χ1) is 16.8. The zero-order valence-electron chi connectivity index (χ0n) is 22.1. The van der Waals surface area contributed by atoms with Crippen molar-refractivity contribution in [2.45, 2.75) is 110 Å². The van der Waals surface area contributed by atoms with Crippen LogP contribution in [0.25, 0.3) is 0 Å². The van der Waals surface area contributed by atoms with Crippen LogP contribution < -0.4 is 10.2 Å². The number of hydrogen-bond acceptors (Lipinski definition) is 8. The molecule has 0 spiro atoms.